The lowest BCUT2D eigenvalue weighted by molar-refractivity contribution is -0.152. The lowest BCUT2D eigenvalue weighted by atomic mass is 9.65. The normalized spacial score (nSPS) is 29.7. The van der Waals surface area contributed by atoms with Gasteiger partial charge in [-0.15, -0.1) is 0 Å². The van der Waals surface area contributed by atoms with Crippen LogP contribution in [0.15, 0.2) is 48.3 Å². The van der Waals surface area contributed by atoms with E-state index in [0.717, 1.165) is 38.3 Å². The van der Waals surface area contributed by atoms with Crippen LogP contribution >= 0.6 is 0 Å². The molecule has 2 bridgehead atoms. The number of aryl methyl sites for hydroxylation is 1. The molecule has 26 heavy (non-hydrogen) atoms. The standard InChI is InChI=1S/C22H29N3O/c1-17(13-18-7-4-3-5-8-18)14-25-15-19-9-6-10-20(16-25)22(19,26)21-23-11-12-24(21)2/h3-5,7-8,11-13,19-20,26H,6,9-10,14-16H2,1-2H3/b17-13+/t19-,20-/m0/s1. The highest BCUT2D eigenvalue weighted by Crippen LogP contribution is 2.48. The fourth-order valence-corrected chi connectivity index (χ4v) is 5.02. The maximum atomic E-state index is 11.7. The van der Waals surface area contributed by atoms with Crippen molar-refractivity contribution in [1.29, 1.82) is 0 Å². The number of nitrogens with zero attached hydrogens (tertiary/aromatic N) is 3. The molecule has 2 aromatic rings. The summed E-state index contributed by atoms with van der Waals surface area (Å²) in [5.74, 6) is 1.38. The second-order valence-corrected chi connectivity index (χ2v) is 8.11. The zero-order valence-corrected chi connectivity index (χ0v) is 15.8. The summed E-state index contributed by atoms with van der Waals surface area (Å²) in [4.78, 5) is 7.05. The smallest absolute Gasteiger partial charge is 0.141 e. The molecule has 2 heterocycles. The van der Waals surface area contributed by atoms with Crippen LogP contribution in [0.5, 0.6) is 0 Å². The molecule has 1 aromatic carbocycles. The average Bonchev–Trinajstić information content (AvgIpc) is 3.03. The summed E-state index contributed by atoms with van der Waals surface area (Å²) >= 11 is 0. The molecular formula is C22H29N3O. The summed E-state index contributed by atoms with van der Waals surface area (Å²) in [5, 5.41) is 11.7. The van der Waals surface area contributed by atoms with Gasteiger partial charge in [0.1, 0.15) is 11.4 Å². The van der Waals surface area contributed by atoms with E-state index >= 15 is 0 Å². The van der Waals surface area contributed by atoms with Crippen molar-refractivity contribution >= 4 is 6.08 Å². The molecule has 2 aliphatic rings. The number of aromatic nitrogens is 2. The Balaban J connectivity index is 1.52. The number of piperidine rings is 1. The van der Waals surface area contributed by atoms with Crippen molar-refractivity contribution in [3.05, 3.63) is 59.7 Å². The molecule has 4 rings (SSSR count). The van der Waals surface area contributed by atoms with Gasteiger partial charge in [0.25, 0.3) is 0 Å². The Morgan fingerprint density at radius 3 is 2.54 bits per heavy atom. The van der Waals surface area contributed by atoms with Gasteiger partial charge in [-0.1, -0.05) is 48.4 Å². The van der Waals surface area contributed by atoms with Gasteiger partial charge in [0.05, 0.1) is 0 Å². The van der Waals surface area contributed by atoms with Crippen molar-refractivity contribution in [2.24, 2.45) is 18.9 Å². The van der Waals surface area contributed by atoms with E-state index in [9.17, 15) is 5.11 Å². The number of hydrogen-bond acceptors (Lipinski definition) is 3. The molecule has 1 aromatic heterocycles. The van der Waals surface area contributed by atoms with Gasteiger partial charge in [0.2, 0.25) is 0 Å². The van der Waals surface area contributed by atoms with Gasteiger partial charge in [-0.25, -0.2) is 4.98 Å². The zero-order valence-electron chi connectivity index (χ0n) is 15.8. The molecule has 1 saturated heterocycles. The van der Waals surface area contributed by atoms with Crippen LogP contribution in [0.2, 0.25) is 0 Å². The fraction of sp³-hybridized carbons (Fsp3) is 0.500. The van der Waals surface area contributed by atoms with E-state index in [4.69, 9.17) is 0 Å². The van der Waals surface area contributed by atoms with Crippen LogP contribution < -0.4 is 0 Å². The van der Waals surface area contributed by atoms with E-state index in [0.29, 0.717) is 0 Å². The molecule has 2 atom stereocenters. The van der Waals surface area contributed by atoms with Crippen LogP contribution in [0.4, 0.5) is 0 Å². The third kappa shape index (κ3) is 3.12. The quantitative estimate of drug-likeness (QED) is 0.917. The first kappa shape index (κ1) is 17.5. The second-order valence-electron chi connectivity index (χ2n) is 8.11. The van der Waals surface area contributed by atoms with Gasteiger partial charge < -0.3 is 9.67 Å². The average molecular weight is 351 g/mol. The van der Waals surface area contributed by atoms with Crippen LogP contribution in [0.1, 0.15) is 37.6 Å². The Labute approximate surface area is 156 Å². The highest BCUT2D eigenvalue weighted by molar-refractivity contribution is 5.52. The molecule has 2 fully saturated rings. The molecule has 138 valence electrons. The van der Waals surface area contributed by atoms with Crippen molar-refractivity contribution in [3.8, 4) is 0 Å². The van der Waals surface area contributed by atoms with Gasteiger partial charge >= 0.3 is 0 Å². The number of aliphatic hydroxyl groups is 1. The second kappa shape index (κ2) is 7.01. The minimum atomic E-state index is -0.774. The minimum absolute atomic E-state index is 0.264. The number of rotatable bonds is 4. The first-order valence-corrected chi connectivity index (χ1v) is 9.72. The zero-order chi connectivity index (χ0) is 18.1. The first-order chi connectivity index (χ1) is 12.6. The van der Waals surface area contributed by atoms with E-state index in [2.05, 4.69) is 53.2 Å². The highest BCUT2D eigenvalue weighted by atomic mass is 16.3. The van der Waals surface area contributed by atoms with Gasteiger partial charge in [-0.2, -0.15) is 0 Å². The SMILES string of the molecule is C/C(=C\c1ccccc1)CN1C[C@@H]2CCC[C@@H](C1)C2(O)c1nccn1C. The monoisotopic (exact) mass is 351 g/mol. The van der Waals surface area contributed by atoms with Crippen LogP contribution in [0.3, 0.4) is 0 Å². The Kier molecular flexibility index (Phi) is 4.72. The molecule has 0 unspecified atom stereocenters. The van der Waals surface area contributed by atoms with Crippen LogP contribution in [-0.2, 0) is 12.6 Å². The number of fused-ring (bicyclic) bond motifs is 2. The van der Waals surface area contributed by atoms with Gasteiger partial charge in [-0.3, -0.25) is 4.90 Å². The lowest BCUT2D eigenvalue weighted by Crippen LogP contribution is -2.59. The van der Waals surface area contributed by atoms with E-state index in [1.165, 1.54) is 17.6 Å². The Bertz CT molecular complexity index is 766. The molecular weight excluding hydrogens is 322 g/mol. The van der Waals surface area contributed by atoms with E-state index in [1.54, 1.807) is 0 Å². The molecule has 0 amide bonds. The molecule has 0 spiro atoms. The van der Waals surface area contributed by atoms with Crippen LogP contribution in [0.25, 0.3) is 6.08 Å². The number of hydrogen-bond donors (Lipinski definition) is 1. The molecule has 4 nitrogen and oxygen atoms in total. The summed E-state index contributed by atoms with van der Waals surface area (Å²) < 4.78 is 2.00. The maximum absolute atomic E-state index is 11.7. The molecule has 1 aliphatic heterocycles. The van der Waals surface area contributed by atoms with Gasteiger partial charge in [-0.05, 0) is 25.3 Å². The predicted molar refractivity (Wildman–Crippen MR) is 104 cm³/mol. The summed E-state index contributed by atoms with van der Waals surface area (Å²) in [6.07, 6.45) is 9.41. The number of likely N-dealkylation sites (tertiary alicyclic amines) is 1. The third-order valence-corrected chi connectivity index (χ3v) is 6.17. The minimum Gasteiger partial charge on any atom is -0.381 e. The van der Waals surface area contributed by atoms with Crippen molar-refractivity contribution in [2.45, 2.75) is 31.8 Å². The molecule has 1 saturated carbocycles. The molecule has 1 aliphatic carbocycles. The largest absolute Gasteiger partial charge is 0.381 e. The van der Waals surface area contributed by atoms with Crippen molar-refractivity contribution in [3.63, 3.8) is 0 Å². The van der Waals surface area contributed by atoms with Crippen LogP contribution in [0, 0.1) is 11.8 Å². The third-order valence-electron chi connectivity index (χ3n) is 6.17. The van der Waals surface area contributed by atoms with Crippen molar-refractivity contribution < 1.29 is 5.11 Å². The number of imidazole rings is 1. The van der Waals surface area contributed by atoms with Gasteiger partial charge in [0, 0.05) is 50.9 Å². The first-order valence-electron chi connectivity index (χ1n) is 9.72. The fourth-order valence-electron chi connectivity index (χ4n) is 5.02. The predicted octanol–water partition coefficient (Wildman–Crippen LogP) is 3.44. The van der Waals surface area contributed by atoms with E-state index in [1.807, 2.05) is 24.0 Å². The van der Waals surface area contributed by atoms with Crippen molar-refractivity contribution in [1.82, 2.24) is 14.5 Å². The maximum Gasteiger partial charge on any atom is 0.141 e. The van der Waals surface area contributed by atoms with Gasteiger partial charge in [0.15, 0.2) is 0 Å². The highest BCUT2D eigenvalue weighted by Gasteiger charge is 2.53. The summed E-state index contributed by atoms with van der Waals surface area (Å²) in [5.41, 5.74) is 1.85. The number of benzene rings is 1. The van der Waals surface area contributed by atoms with Crippen molar-refractivity contribution in [2.75, 3.05) is 19.6 Å². The summed E-state index contributed by atoms with van der Waals surface area (Å²) in [6, 6.07) is 10.5. The van der Waals surface area contributed by atoms with Crippen LogP contribution in [-0.4, -0.2) is 39.2 Å². The van der Waals surface area contributed by atoms with E-state index in [-0.39, 0.29) is 11.8 Å². The molecule has 4 heteroatoms. The lowest BCUT2D eigenvalue weighted by Gasteiger charge is -2.52. The summed E-state index contributed by atoms with van der Waals surface area (Å²) in [6.45, 7) is 5.07. The summed E-state index contributed by atoms with van der Waals surface area (Å²) in [7, 11) is 2.00. The van der Waals surface area contributed by atoms with E-state index < -0.39 is 5.60 Å². The Morgan fingerprint density at radius 1 is 1.23 bits per heavy atom. The topological polar surface area (TPSA) is 41.3 Å². The Hall–Kier alpha value is -1.91. The molecule has 1 N–H and O–H groups in total. The molecule has 0 radical (unpaired) electrons. The Morgan fingerprint density at radius 2 is 1.92 bits per heavy atom.